The number of nitrogens with zero attached hydrogens (tertiary/aromatic N) is 2. The topological polar surface area (TPSA) is 50.5 Å². The quantitative estimate of drug-likeness (QED) is 0.492. The molecular formula is C24H27N3O2S. The second-order valence-electron chi connectivity index (χ2n) is 7.70. The maximum absolute atomic E-state index is 5.70. The molecule has 0 amide bonds. The summed E-state index contributed by atoms with van der Waals surface area (Å²) >= 11 is 1.86. The average Bonchev–Trinajstić information content (AvgIpc) is 3.20. The minimum atomic E-state index is 0.262. The molecule has 0 fully saturated rings. The van der Waals surface area contributed by atoms with Crippen molar-refractivity contribution < 1.29 is 9.26 Å². The SMILES string of the molecule is CCOc1noc2c1C(NCCCN1c3ccccc3Sc3ccccc31)CCC2. The molecule has 2 aromatic carbocycles. The van der Waals surface area contributed by atoms with Crippen LogP contribution in [-0.4, -0.2) is 24.9 Å². The van der Waals surface area contributed by atoms with Crippen molar-refractivity contribution in [1.82, 2.24) is 10.5 Å². The number of ether oxygens (including phenoxy) is 1. The highest BCUT2D eigenvalue weighted by Crippen LogP contribution is 2.47. The first-order valence-electron chi connectivity index (χ1n) is 10.8. The van der Waals surface area contributed by atoms with Gasteiger partial charge in [-0.3, -0.25) is 0 Å². The van der Waals surface area contributed by atoms with Gasteiger partial charge in [-0.1, -0.05) is 36.0 Å². The molecule has 2 aliphatic rings. The van der Waals surface area contributed by atoms with E-state index < -0.39 is 0 Å². The Morgan fingerprint density at radius 1 is 1.13 bits per heavy atom. The number of aryl methyl sites for hydroxylation is 1. The van der Waals surface area contributed by atoms with Crippen LogP contribution in [0.4, 0.5) is 11.4 Å². The van der Waals surface area contributed by atoms with Gasteiger partial charge in [0.15, 0.2) is 0 Å². The third kappa shape index (κ3) is 3.70. The Kier molecular flexibility index (Phi) is 5.69. The molecule has 156 valence electrons. The van der Waals surface area contributed by atoms with E-state index in [0.29, 0.717) is 12.5 Å². The summed E-state index contributed by atoms with van der Waals surface area (Å²) in [5.41, 5.74) is 3.74. The Morgan fingerprint density at radius 2 is 1.87 bits per heavy atom. The summed E-state index contributed by atoms with van der Waals surface area (Å²) in [6.07, 6.45) is 4.22. The van der Waals surface area contributed by atoms with E-state index in [1.54, 1.807) is 0 Å². The summed E-state index contributed by atoms with van der Waals surface area (Å²) in [5.74, 6) is 1.65. The number of para-hydroxylation sites is 2. The molecule has 30 heavy (non-hydrogen) atoms. The number of aromatic nitrogens is 1. The molecule has 1 N–H and O–H groups in total. The normalized spacial score (nSPS) is 17.2. The fourth-order valence-electron chi connectivity index (χ4n) is 4.43. The lowest BCUT2D eigenvalue weighted by Crippen LogP contribution is -2.29. The fraction of sp³-hybridized carbons (Fsp3) is 0.375. The van der Waals surface area contributed by atoms with Crippen LogP contribution in [0.2, 0.25) is 0 Å². The molecular weight excluding hydrogens is 394 g/mol. The first kappa shape index (κ1) is 19.5. The maximum Gasteiger partial charge on any atom is 0.259 e. The fourth-order valence-corrected chi connectivity index (χ4v) is 5.53. The zero-order valence-corrected chi connectivity index (χ0v) is 18.1. The molecule has 5 nitrogen and oxygen atoms in total. The second-order valence-corrected chi connectivity index (χ2v) is 8.78. The van der Waals surface area contributed by atoms with Crippen molar-refractivity contribution in [3.05, 3.63) is 59.9 Å². The van der Waals surface area contributed by atoms with Gasteiger partial charge in [-0.2, -0.15) is 0 Å². The molecule has 1 unspecified atom stereocenters. The molecule has 0 saturated carbocycles. The van der Waals surface area contributed by atoms with Gasteiger partial charge in [0.25, 0.3) is 5.88 Å². The number of benzene rings is 2. The van der Waals surface area contributed by atoms with Gasteiger partial charge in [-0.25, -0.2) is 0 Å². The van der Waals surface area contributed by atoms with Crippen molar-refractivity contribution in [3.8, 4) is 5.88 Å². The third-order valence-corrected chi connectivity index (χ3v) is 6.91. The molecule has 5 rings (SSSR count). The number of hydrogen-bond acceptors (Lipinski definition) is 6. The largest absolute Gasteiger partial charge is 0.476 e. The van der Waals surface area contributed by atoms with Crippen molar-refractivity contribution in [2.24, 2.45) is 0 Å². The molecule has 0 spiro atoms. The van der Waals surface area contributed by atoms with E-state index in [-0.39, 0.29) is 6.04 Å². The van der Waals surface area contributed by atoms with Gasteiger partial charge in [0.2, 0.25) is 0 Å². The smallest absolute Gasteiger partial charge is 0.259 e. The zero-order valence-electron chi connectivity index (χ0n) is 17.3. The lowest BCUT2D eigenvalue weighted by Gasteiger charge is -2.33. The van der Waals surface area contributed by atoms with Crippen LogP contribution in [-0.2, 0) is 6.42 Å². The summed E-state index contributed by atoms with van der Waals surface area (Å²) < 4.78 is 11.2. The summed E-state index contributed by atoms with van der Waals surface area (Å²) in [7, 11) is 0. The summed E-state index contributed by atoms with van der Waals surface area (Å²) in [6, 6.07) is 17.6. The van der Waals surface area contributed by atoms with Crippen LogP contribution in [0.25, 0.3) is 0 Å². The van der Waals surface area contributed by atoms with Crippen LogP contribution in [0, 0.1) is 0 Å². The molecule has 0 saturated heterocycles. The van der Waals surface area contributed by atoms with Crippen molar-refractivity contribution in [1.29, 1.82) is 0 Å². The highest BCUT2D eigenvalue weighted by Gasteiger charge is 2.29. The van der Waals surface area contributed by atoms with Gasteiger partial charge >= 0.3 is 0 Å². The Bertz CT molecular complexity index is 974. The van der Waals surface area contributed by atoms with Gasteiger partial charge in [-0.15, -0.1) is 0 Å². The van der Waals surface area contributed by atoms with Crippen LogP contribution in [0.1, 0.15) is 43.6 Å². The van der Waals surface area contributed by atoms with E-state index in [1.165, 1.54) is 21.2 Å². The van der Waals surface area contributed by atoms with Crippen LogP contribution >= 0.6 is 11.8 Å². The van der Waals surface area contributed by atoms with E-state index in [1.807, 2.05) is 18.7 Å². The Hall–Kier alpha value is -2.44. The van der Waals surface area contributed by atoms with Gasteiger partial charge in [-0.05, 0) is 62.2 Å². The summed E-state index contributed by atoms with van der Waals surface area (Å²) in [4.78, 5) is 5.11. The lowest BCUT2D eigenvalue weighted by molar-refractivity contribution is 0.289. The van der Waals surface area contributed by atoms with E-state index in [9.17, 15) is 0 Å². The van der Waals surface area contributed by atoms with Gasteiger partial charge in [0.1, 0.15) is 5.76 Å². The monoisotopic (exact) mass is 421 g/mol. The summed E-state index contributed by atoms with van der Waals surface area (Å²) in [5, 5.41) is 7.88. The first-order valence-corrected chi connectivity index (χ1v) is 11.6. The lowest BCUT2D eigenvalue weighted by atomic mass is 9.93. The highest BCUT2D eigenvalue weighted by molar-refractivity contribution is 7.99. The molecule has 6 heteroatoms. The van der Waals surface area contributed by atoms with E-state index in [0.717, 1.165) is 50.1 Å². The first-order chi connectivity index (χ1) is 14.8. The number of anilines is 2. The van der Waals surface area contributed by atoms with Crippen LogP contribution in [0.5, 0.6) is 5.88 Å². The summed E-state index contributed by atoms with van der Waals surface area (Å²) in [6.45, 7) is 4.51. The molecule has 1 aromatic heterocycles. The van der Waals surface area contributed by atoms with Crippen LogP contribution in [0.15, 0.2) is 62.8 Å². The number of rotatable bonds is 7. The Balaban J connectivity index is 1.26. The Morgan fingerprint density at radius 3 is 2.60 bits per heavy atom. The highest BCUT2D eigenvalue weighted by atomic mass is 32.2. The number of nitrogens with one attached hydrogen (secondary N) is 1. The zero-order chi connectivity index (χ0) is 20.3. The van der Waals surface area contributed by atoms with E-state index >= 15 is 0 Å². The molecule has 1 aliphatic heterocycles. The molecule has 2 heterocycles. The van der Waals surface area contributed by atoms with Gasteiger partial charge in [0.05, 0.1) is 23.5 Å². The van der Waals surface area contributed by atoms with E-state index in [4.69, 9.17) is 9.26 Å². The molecule has 3 aromatic rings. The number of hydrogen-bond donors (Lipinski definition) is 1. The van der Waals surface area contributed by atoms with Gasteiger partial charge < -0.3 is 19.5 Å². The molecule has 0 bridgehead atoms. The predicted molar refractivity (Wildman–Crippen MR) is 120 cm³/mol. The second kappa shape index (κ2) is 8.74. The van der Waals surface area contributed by atoms with Crippen molar-refractivity contribution in [3.63, 3.8) is 0 Å². The van der Waals surface area contributed by atoms with Crippen molar-refractivity contribution in [2.45, 2.75) is 48.4 Å². The average molecular weight is 422 g/mol. The van der Waals surface area contributed by atoms with Crippen molar-refractivity contribution >= 4 is 23.1 Å². The van der Waals surface area contributed by atoms with Gasteiger partial charge in [0, 0.05) is 28.8 Å². The van der Waals surface area contributed by atoms with Crippen LogP contribution in [0.3, 0.4) is 0 Å². The van der Waals surface area contributed by atoms with E-state index in [2.05, 4.69) is 63.9 Å². The predicted octanol–water partition coefficient (Wildman–Crippen LogP) is 5.73. The minimum Gasteiger partial charge on any atom is -0.476 e. The van der Waals surface area contributed by atoms with Crippen molar-refractivity contribution in [2.75, 3.05) is 24.6 Å². The Labute approximate surface area is 181 Å². The maximum atomic E-state index is 5.70. The molecule has 1 atom stereocenters. The molecule has 1 aliphatic carbocycles. The molecule has 0 radical (unpaired) electrons. The standard InChI is InChI=1S/C24H27N3O2S/c1-2-28-24-23-17(9-7-12-20(23)29-26-24)25-15-8-16-27-18-10-3-5-13-21(18)30-22-14-6-4-11-19(22)27/h3-6,10-11,13-14,17,25H,2,7-9,12,15-16H2,1H3. The van der Waals surface area contributed by atoms with Crippen LogP contribution < -0.4 is 15.0 Å². The third-order valence-electron chi connectivity index (χ3n) is 5.78. The number of fused-ring (bicyclic) bond motifs is 3. The minimum absolute atomic E-state index is 0.262.